The van der Waals surface area contributed by atoms with Crippen LogP contribution >= 0.6 is 37.2 Å². The molecule has 90 valence electrons. The zero-order chi connectivity index (χ0) is 9.26. The highest BCUT2D eigenvalue weighted by Crippen LogP contribution is 2.08. The van der Waals surface area contributed by atoms with Crippen molar-refractivity contribution in [3.63, 3.8) is 0 Å². The van der Waals surface area contributed by atoms with Crippen LogP contribution in [0.1, 0.15) is 0 Å². The lowest BCUT2D eigenvalue weighted by Gasteiger charge is -1.98. The van der Waals surface area contributed by atoms with E-state index in [4.69, 9.17) is 10.6 Å². The summed E-state index contributed by atoms with van der Waals surface area (Å²) in [5, 5.41) is 16.2. The molecular formula is C7H10Cl3N5O. The third-order valence-electron chi connectivity index (χ3n) is 1.59. The highest BCUT2D eigenvalue weighted by molar-refractivity contribution is 5.86. The number of aromatic amines is 1. The molecular weight excluding hydrogens is 276 g/mol. The van der Waals surface area contributed by atoms with Crippen LogP contribution in [0, 0.1) is 5.41 Å². The fourth-order valence-corrected chi connectivity index (χ4v) is 0.960. The largest absolute Gasteiger partial charge is 0.425 e. The summed E-state index contributed by atoms with van der Waals surface area (Å²) >= 11 is 0. The first-order valence-electron chi connectivity index (χ1n) is 3.59. The Hall–Kier alpha value is -1.24. The van der Waals surface area contributed by atoms with Crippen molar-refractivity contribution < 1.29 is 5.21 Å². The molecule has 2 heterocycles. The number of aromatic nitrogens is 4. The summed E-state index contributed by atoms with van der Waals surface area (Å²) in [6.45, 7) is 0. The quantitative estimate of drug-likeness (QED) is 0.689. The van der Waals surface area contributed by atoms with Gasteiger partial charge in [0.15, 0.2) is 0 Å². The van der Waals surface area contributed by atoms with Crippen LogP contribution in [0.2, 0.25) is 0 Å². The van der Waals surface area contributed by atoms with E-state index < -0.39 is 0 Å². The molecule has 0 spiro atoms. The number of hydrogen-bond acceptors (Lipinski definition) is 4. The van der Waals surface area contributed by atoms with Gasteiger partial charge in [-0.2, -0.15) is 4.73 Å². The lowest BCUT2D eigenvalue weighted by Crippen LogP contribution is -2.20. The van der Waals surface area contributed by atoms with Crippen LogP contribution in [0.25, 0.3) is 11.4 Å². The van der Waals surface area contributed by atoms with E-state index >= 15 is 0 Å². The highest BCUT2D eigenvalue weighted by Gasteiger charge is 2.00. The summed E-state index contributed by atoms with van der Waals surface area (Å²) in [6.07, 6.45) is 4.48. The first-order chi connectivity index (χ1) is 6.27. The monoisotopic (exact) mass is 285 g/mol. The van der Waals surface area contributed by atoms with Crippen molar-refractivity contribution in [2.45, 2.75) is 0 Å². The lowest BCUT2D eigenvalue weighted by atomic mass is 10.3. The first kappa shape index (κ1) is 17.2. The smallest absolute Gasteiger partial charge is 0.255 e. The Morgan fingerprint density at radius 3 is 2.50 bits per heavy atom. The van der Waals surface area contributed by atoms with Crippen LogP contribution in [0.15, 0.2) is 24.8 Å². The Bertz CT molecular complexity index is 469. The molecule has 0 aliphatic heterocycles. The summed E-state index contributed by atoms with van der Waals surface area (Å²) in [5.74, 6) is 0. The third-order valence-corrected chi connectivity index (χ3v) is 1.59. The number of nitrogens with one attached hydrogen (secondary N) is 2. The van der Waals surface area contributed by atoms with Gasteiger partial charge in [-0.15, -0.1) is 37.2 Å². The van der Waals surface area contributed by atoms with E-state index in [1.165, 1.54) is 12.5 Å². The van der Waals surface area contributed by atoms with Gasteiger partial charge in [-0.1, -0.05) is 0 Å². The molecule has 0 atom stereocenters. The maximum Gasteiger partial charge on any atom is 0.255 e. The number of halogens is 3. The summed E-state index contributed by atoms with van der Waals surface area (Å²) in [6, 6.07) is 1.59. The fraction of sp³-hybridized carbons (Fsp3) is 0. The molecule has 16 heavy (non-hydrogen) atoms. The summed E-state index contributed by atoms with van der Waals surface area (Å²) < 4.78 is 0.639. The predicted octanol–water partition coefficient (Wildman–Crippen LogP) is 1.26. The minimum absolute atomic E-state index is 0. The van der Waals surface area contributed by atoms with Gasteiger partial charge >= 0.3 is 0 Å². The summed E-state index contributed by atoms with van der Waals surface area (Å²) in [5.41, 5.74) is 1.08. The Morgan fingerprint density at radius 2 is 2.00 bits per heavy atom. The van der Waals surface area contributed by atoms with E-state index in [2.05, 4.69) is 15.0 Å². The van der Waals surface area contributed by atoms with Crippen molar-refractivity contribution in [3.8, 4) is 11.4 Å². The van der Waals surface area contributed by atoms with Gasteiger partial charge in [0, 0.05) is 6.20 Å². The van der Waals surface area contributed by atoms with E-state index in [0.717, 1.165) is 0 Å². The Kier molecular flexibility index (Phi) is 7.62. The van der Waals surface area contributed by atoms with Gasteiger partial charge in [0.05, 0.1) is 23.9 Å². The molecule has 0 saturated heterocycles. The van der Waals surface area contributed by atoms with E-state index in [9.17, 15) is 0 Å². The van der Waals surface area contributed by atoms with Crippen molar-refractivity contribution in [1.29, 1.82) is 5.41 Å². The highest BCUT2D eigenvalue weighted by atomic mass is 35.5. The number of hydrogen-bond donors (Lipinski definition) is 3. The van der Waals surface area contributed by atoms with Gasteiger partial charge in [0.25, 0.3) is 5.62 Å². The topological polar surface area (TPSA) is 90.6 Å². The SMILES string of the molecule is Cl.Cl.Cl.N=c1nc(-c2cnc[nH]2)ccn1O. The molecule has 9 heteroatoms. The second kappa shape index (κ2) is 7.10. The van der Waals surface area contributed by atoms with Crippen LogP contribution in [-0.2, 0) is 0 Å². The van der Waals surface area contributed by atoms with Gasteiger partial charge < -0.3 is 10.2 Å². The zero-order valence-corrected chi connectivity index (χ0v) is 10.3. The molecule has 0 aliphatic rings. The van der Waals surface area contributed by atoms with Gasteiger partial charge in [0.1, 0.15) is 0 Å². The van der Waals surface area contributed by atoms with Crippen LogP contribution in [0.3, 0.4) is 0 Å². The normalized spacial score (nSPS) is 8.25. The second-order valence-electron chi connectivity index (χ2n) is 2.45. The maximum atomic E-state index is 8.98. The first-order valence-corrected chi connectivity index (χ1v) is 3.59. The fourth-order valence-electron chi connectivity index (χ4n) is 0.960. The molecule has 2 aromatic heterocycles. The van der Waals surface area contributed by atoms with Crippen molar-refractivity contribution in [2.24, 2.45) is 0 Å². The second-order valence-corrected chi connectivity index (χ2v) is 2.45. The molecule has 3 N–H and O–H groups in total. The Morgan fingerprint density at radius 1 is 1.31 bits per heavy atom. The van der Waals surface area contributed by atoms with Crippen molar-refractivity contribution in [3.05, 3.63) is 30.4 Å². The average molecular weight is 287 g/mol. The van der Waals surface area contributed by atoms with E-state index in [0.29, 0.717) is 16.1 Å². The van der Waals surface area contributed by atoms with Gasteiger partial charge in [-0.05, 0) is 6.07 Å². The molecule has 2 aromatic rings. The summed E-state index contributed by atoms with van der Waals surface area (Å²) in [7, 11) is 0. The minimum Gasteiger partial charge on any atom is -0.425 e. The molecule has 0 amide bonds. The van der Waals surface area contributed by atoms with Crippen LogP contribution in [0.4, 0.5) is 0 Å². The van der Waals surface area contributed by atoms with Crippen molar-refractivity contribution >= 4 is 37.2 Å². The molecule has 6 nitrogen and oxygen atoms in total. The molecule has 0 aromatic carbocycles. The van der Waals surface area contributed by atoms with Gasteiger partial charge in [0.2, 0.25) is 0 Å². The molecule has 0 radical (unpaired) electrons. The van der Waals surface area contributed by atoms with E-state index in [1.807, 2.05) is 0 Å². The van der Waals surface area contributed by atoms with Gasteiger partial charge in [-0.25, -0.2) is 9.97 Å². The molecule has 0 unspecified atom stereocenters. The number of imidazole rings is 1. The van der Waals surface area contributed by atoms with Crippen molar-refractivity contribution in [1.82, 2.24) is 19.7 Å². The molecule has 0 saturated carbocycles. The molecule has 0 fully saturated rings. The molecule has 2 rings (SSSR count). The Balaban J connectivity index is 0. The maximum absolute atomic E-state index is 8.98. The van der Waals surface area contributed by atoms with Crippen molar-refractivity contribution in [2.75, 3.05) is 0 Å². The van der Waals surface area contributed by atoms with E-state index in [1.54, 1.807) is 12.3 Å². The minimum atomic E-state index is -0.216. The van der Waals surface area contributed by atoms with Crippen LogP contribution in [-0.4, -0.2) is 24.9 Å². The molecule has 0 bridgehead atoms. The average Bonchev–Trinajstić information content (AvgIpc) is 2.62. The third kappa shape index (κ3) is 3.41. The van der Waals surface area contributed by atoms with Crippen LogP contribution < -0.4 is 5.62 Å². The number of nitrogens with zero attached hydrogens (tertiary/aromatic N) is 3. The number of rotatable bonds is 1. The zero-order valence-electron chi connectivity index (χ0n) is 7.82. The van der Waals surface area contributed by atoms with Crippen LogP contribution in [0.5, 0.6) is 0 Å². The molecule has 0 aliphatic carbocycles. The Labute approximate surface area is 109 Å². The van der Waals surface area contributed by atoms with E-state index in [-0.39, 0.29) is 42.8 Å². The predicted molar refractivity (Wildman–Crippen MR) is 64.6 cm³/mol. The lowest BCUT2D eigenvalue weighted by molar-refractivity contribution is 0.165. The standard InChI is InChI=1S/C7H7N5O.3ClH/c8-7-11-5(1-2-12(7)13)6-3-9-4-10-6;;;/h1-4,8,13H,(H,9,10);3*1H. The summed E-state index contributed by atoms with van der Waals surface area (Å²) in [4.78, 5) is 10.5. The van der Waals surface area contributed by atoms with Gasteiger partial charge in [-0.3, -0.25) is 5.41 Å². The number of H-pyrrole nitrogens is 1.